The highest BCUT2D eigenvalue weighted by atomic mass is 32.2. The minimum Gasteiger partial charge on any atom is -0.368 e. The second-order valence-corrected chi connectivity index (χ2v) is 7.21. The first-order chi connectivity index (χ1) is 10.3. The van der Waals surface area contributed by atoms with E-state index in [0.29, 0.717) is 13.0 Å². The second kappa shape index (κ2) is 6.30. The number of hydrogen-bond acceptors (Lipinski definition) is 6. The number of benzene rings is 1. The third-order valence-corrected chi connectivity index (χ3v) is 4.57. The first kappa shape index (κ1) is 16.2. The highest BCUT2D eigenvalue weighted by Gasteiger charge is 2.25. The molecule has 2 N–H and O–H groups in total. The Bertz CT molecular complexity index is 702. The van der Waals surface area contributed by atoms with E-state index in [0.717, 1.165) is 25.2 Å². The number of amides is 1. The molecule has 9 heteroatoms. The van der Waals surface area contributed by atoms with E-state index in [1.807, 2.05) is 0 Å². The summed E-state index contributed by atoms with van der Waals surface area (Å²) in [7, 11) is -3.54. The maximum Gasteiger partial charge on any atom is 0.293 e. The fourth-order valence-electron chi connectivity index (χ4n) is 2.28. The third kappa shape index (κ3) is 3.73. The van der Waals surface area contributed by atoms with Crippen LogP contribution in [0.15, 0.2) is 23.1 Å². The first-order valence-corrected chi connectivity index (χ1v) is 8.71. The molecule has 8 nitrogen and oxygen atoms in total. The van der Waals surface area contributed by atoms with Crippen molar-refractivity contribution >= 4 is 27.1 Å². The van der Waals surface area contributed by atoms with Crippen molar-refractivity contribution in [2.24, 2.45) is 0 Å². The van der Waals surface area contributed by atoms with Gasteiger partial charge in [0.15, 0.2) is 9.84 Å². The minimum absolute atomic E-state index is 0.130. The zero-order valence-electron chi connectivity index (χ0n) is 12.0. The number of nitro groups is 1. The molecule has 1 saturated heterocycles. The van der Waals surface area contributed by atoms with Gasteiger partial charge in [-0.3, -0.25) is 14.9 Å². The molecule has 1 unspecified atom stereocenters. The van der Waals surface area contributed by atoms with Crippen molar-refractivity contribution in [1.82, 2.24) is 5.32 Å². The number of carbonyl (C=O) groups excluding carboxylic acids is 1. The molecule has 0 aliphatic carbocycles. The lowest BCUT2D eigenvalue weighted by molar-refractivity contribution is -0.384. The third-order valence-electron chi connectivity index (χ3n) is 3.46. The number of carbonyl (C=O) groups is 1. The molecule has 0 aromatic heterocycles. The Hall–Kier alpha value is -2.16. The molecule has 1 aliphatic heterocycles. The normalized spacial score (nSPS) is 19.1. The van der Waals surface area contributed by atoms with Gasteiger partial charge in [0, 0.05) is 18.9 Å². The number of nitrogens with zero attached hydrogens (tertiary/aromatic N) is 1. The molecule has 1 atom stereocenters. The summed E-state index contributed by atoms with van der Waals surface area (Å²) in [6.45, 7) is 0.589. The summed E-state index contributed by atoms with van der Waals surface area (Å²) in [6, 6.07) is 3.06. The number of sulfone groups is 1. The predicted molar refractivity (Wildman–Crippen MR) is 80.5 cm³/mol. The smallest absolute Gasteiger partial charge is 0.293 e. The molecule has 0 radical (unpaired) electrons. The van der Waals surface area contributed by atoms with Gasteiger partial charge in [-0.25, -0.2) is 8.42 Å². The SMILES string of the molecule is CS(=O)(=O)c1ccc(NC2CCCCNC2=O)c([N+](=O)[O-])c1. The van der Waals surface area contributed by atoms with Gasteiger partial charge in [0.2, 0.25) is 5.91 Å². The Balaban J connectivity index is 2.34. The van der Waals surface area contributed by atoms with E-state index >= 15 is 0 Å². The van der Waals surface area contributed by atoms with Crippen LogP contribution in [0.25, 0.3) is 0 Å². The maximum atomic E-state index is 11.9. The summed E-state index contributed by atoms with van der Waals surface area (Å²) < 4.78 is 23.0. The van der Waals surface area contributed by atoms with Gasteiger partial charge >= 0.3 is 0 Å². The molecule has 1 aromatic carbocycles. The molecule has 0 saturated carbocycles. The fourth-order valence-corrected chi connectivity index (χ4v) is 2.92. The van der Waals surface area contributed by atoms with Crippen molar-refractivity contribution < 1.29 is 18.1 Å². The van der Waals surface area contributed by atoms with Crippen LogP contribution in [0, 0.1) is 10.1 Å². The van der Waals surface area contributed by atoms with E-state index in [-0.39, 0.29) is 22.2 Å². The largest absolute Gasteiger partial charge is 0.368 e. The predicted octanol–water partition coefficient (Wildman–Crippen LogP) is 1.08. The zero-order chi connectivity index (χ0) is 16.3. The standard InChI is InChI=1S/C13H17N3O5S/c1-22(20,21)9-5-6-10(12(8-9)16(18)19)15-11-4-2-3-7-14-13(11)17/h5-6,8,11,15H,2-4,7H2,1H3,(H,14,17). The fraction of sp³-hybridized carbons (Fsp3) is 0.462. The molecule has 1 amide bonds. The lowest BCUT2D eigenvalue weighted by Crippen LogP contribution is -2.38. The minimum atomic E-state index is -3.54. The van der Waals surface area contributed by atoms with Crippen LogP contribution >= 0.6 is 0 Å². The summed E-state index contributed by atoms with van der Waals surface area (Å²) in [4.78, 5) is 22.3. The summed E-state index contributed by atoms with van der Waals surface area (Å²) >= 11 is 0. The van der Waals surface area contributed by atoms with Gasteiger partial charge in [-0.15, -0.1) is 0 Å². The van der Waals surface area contributed by atoms with Gasteiger partial charge in [0.05, 0.1) is 9.82 Å². The Morgan fingerprint density at radius 1 is 1.36 bits per heavy atom. The molecule has 1 aliphatic rings. The summed E-state index contributed by atoms with van der Waals surface area (Å²) in [5.41, 5.74) is -0.223. The van der Waals surface area contributed by atoms with Crippen LogP contribution in [0.2, 0.25) is 0 Å². The van der Waals surface area contributed by atoms with Crippen molar-refractivity contribution in [3.63, 3.8) is 0 Å². The van der Waals surface area contributed by atoms with Gasteiger partial charge in [0.25, 0.3) is 5.69 Å². The van der Waals surface area contributed by atoms with Crippen molar-refractivity contribution in [3.05, 3.63) is 28.3 Å². The lowest BCUT2D eigenvalue weighted by Gasteiger charge is -2.16. The zero-order valence-corrected chi connectivity index (χ0v) is 12.9. The monoisotopic (exact) mass is 327 g/mol. The number of nitro benzene ring substituents is 1. The van der Waals surface area contributed by atoms with Crippen molar-refractivity contribution in [3.8, 4) is 0 Å². The molecule has 22 heavy (non-hydrogen) atoms. The highest BCUT2D eigenvalue weighted by molar-refractivity contribution is 7.90. The van der Waals surface area contributed by atoms with E-state index in [9.17, 15) is 23.3 Å². The number of hydrogen-bond donors (Lipinski definition) is 2. The number of nitrogens with one attached hydrogen (secondary N) is 2. The Morgan fingerprint density at radius 3 is 2.73 bits per heavy atom. The van der Waals surface area contributed by atoms with Crippen LogP contribution in [0.4, 0.5) is 11.4 Å². The second-order valence-electron chi connectivity index (χ2n) is 5.19. The number of anilines is 1. The number of rotatable bonds is 4. The molecule has 1 heterocycles. The van der Waals surface area contributed by atoms with E-state index < -0.39 is 20.8 Å². The molecule has 0 bridgehead atoms. The molecule has 2 rings (SSSR count). The molecular weight excluding hydrogens is 310 g/mol. The highest BCUT2D eigenvalue weighted by Crippen LogP contribution is 2.29. The molecule has 1 fully saturated rings. The van der Waals surface area contributed by atoms with Gasteiger partial charge in [0.1, 0.15) is 11.7 Å². The van der Waals surface area contributed by atoms with Crippen LogP contribution in [-0.4, -0.2) is 38.1 Å². The van der Waals surface area contributed by atoms with Crippen molar-refractivity contribution in [2.45, 2.75) is 30.2 Å². The van der Waals surface area contributed by atoms with Crippen LogP contribution in [0.3, 0.4) is 0 Å². The van der Waals surface area contributed by atoms with Crippen molar-refractivity contribution in [2.75, 3.05) is 18.1 Å². The summed E-state index contributed by atoms with van der Waals surface area (Å²) in [6.07, 6.45) is 3.24. The first-order valence-electron chi connectivity index (χ1n) is 6.82. The van der Waals surface area contributed by atoms with Gasteiger partial charge < -0.3 is 10.6 Å². The van der Waals surface area contributed by atoms with Gasteiger partial charge in [-0.05, 0) is 31.4 Å². The van der Waals surface area contributed by atoms with E-state index in [1.165, 1.54) is 12.1 Å². The maximum absolute atomic E-state index is 11.9. The molecular formula is C13H17N3O5S. The molecule has 120 valence electrons. The Kier molecular flexibility index (Phi) is 4.65. The van der Waals surface area contributed by atoms with Crippen LogP contribution < -0.4 is 10.6 Å². The van der Waals surface area contributed by atoms with E-state index in [4.69, 9.17) is 0 Å². The average molecular weight is 327 g/mol. The molecule has 0 spiro atoms. The molecule has 1 aromatic rings. The lowest BCUT2D eigenvalue weighted by atomic mass is 10.1. The van der Waals surface area contributed by atoms with Crippen molar-refractivity contribution in [1.29, 1.82) is 0 Å². The summed E-state index contributed by atoms with van der Waals surface area (Å²) in [5, 5.41) is 16.7. The van der Waals surface area contributed by atoms with Crippen LogP contribution in [-0.2, 0) is 14.6 Å². The van der Waals surface area contributed by atoms with Crippen LogP contribution in [0.1, 0.15) is 19.3 Å². The quantitative estimate of drug-likeness (QED) is 0.631. The van der Waals surface area contributed by atoms with Crippen LogP contribution in [0.5, 0.6) is 0 Å². The van der Waals surface area contributed by atoms with E-state index in [1.54, 1.807) is 0 Å². The topological polar surface area (TPSA) is 118 Å². The summed E-state index contributed by atoms with van der Waals surface area (Å²) in [5.74, 6) is -0.209. The Labute approximate surface area is 128 Å². The van der Waals surface area contributed by atoms with Gasteiger partial charge in [-0.1, -0.05) is 0 Å². The van der Waals surface area contributed by atoms with E-state index in [2.05, 4.69) is 10.6 Å². The Morgan fingerprint density at radius 2 is 2.09 bits per heavy atom. The average Bonchev–Trinajstić information content (AvgIpc) is 2.63. The van der Waals surface area contributed by atoms with Gasteiger partial charge in [-0.2, -0.15) is 0 Å².